The Balaban J connectivity index is 2.80. The second-order valence-electron chi connectivity index (χ2n) is 3.31. The molecule has 3 N–H and O–H groups in total. The summed E-state index contributed by atoms with van der Waals surface area (Å²) >= 11 is 0. The lowest BCUT2D eigenvalue weighted by molar-refractivity contribution is 0.582. The molecule has 1 rings (SSSR count). The van der Waals surface area contributed by atoms with E-state index in [1.54, 1.807) is 6.92 Å². The summed E-state index contributed by atoms with van der Waals surface area (Å²) in [4.78, 5) is 0.0174. The van der Waals surface area contributed by atoms with Gasteiger partial charge in [0.1, 0.15) is 4.90 Å². The third-order valence-electron chi connectivity index (χ3n) is 2.09. The van der Waals surface area contributed by atoms with Crippen LogP contribution in [0.4, 0.5) is 5.82 Å². The average molecular weight is 256 g/mol. The Labute approximate surface area is 101 Å². The van der Waals surface area contributed by atoms with Gasteiger partial charge in [-0.2, -0.15) is 5.10 Å². The van der Waals surface area contributed by atoms with Crippen molar-refractivity contribution in [2.75, 3.05) is 12.3 Å². The standard InChI is InChI=1S/C10H16N4O2S/c1-3-5-6-7-12-17(15,16)9-8-14(4-2)13-10(9)11/h8,12H,4,6-7H2,1-2H3,(H2,11,13). The molecule has 94 valence electrons. The number of nitrogens with two attached hydrogens (primary N) is 1. The molecule has 17 heavy (non-hydrogen) atoms. The first kappa shape index (κ1) is 13.5. The number of sulfonamides is 1. The Morgan fingerprint density at radius 2 is 2.29 bits per heavy atom. The van der Waals surface area contributed by atoms with Gasteiger partial charge in [-0.3, -0.25) is 4.68 Å². The highest BCUT2D eigenvalue weighted by molar-refractivity contribution is 7.89. The summed E-state index contributed by atoms with van der Waals surface area (Å²) in [5, 5.41) is 3.89. The Bertz CT molecular complexity index is 536. The molecule has 7 heteroatoms. The first-order valence-corrected chi connectivity index (χ1v) is 6.71. The van der Waals surface area contributed by atoms with E-state index in [4.69, 9.17) is 5.73 Å². The molecule has 0 bridgehead atoms. The molecule has 0 aromatic carbocycles. The Hall–Kier alpha value is -1.52. The highest BCUT2D eigenvalue weighted by Crippen LogP contribution is 2.15. The molecule has 0 unspecified atom stereocenters. The maximum absolute atomic E-state index is 11.9. The van der Waals surface area contributed by atoms with Gasteiger partial charge in [0.2, 0.25) is 10.0 Å². The number of aromatic nitrogens is 2. The van der Waals surface area contributed by atoms with E-state index in [1.807, 2.05) is 6.92 Å². The molecule has 1 heterocycles. The molecule has 0 fully saturated rings. The Morgan fingerprint density at radius 3 is 2.82 bits per heavy atom. The topological polar surface area (TPSA) is 90.0 Å². The van der Waals surface area contributed by atoms with Gasteiger partial charge in [0.05, 0.1) is 0 Å². The van der Waals surface area contributed by atoms with Crippen molar-refractivity contribution in [2.45, 2.75) is 31.7 Å². The fourth-order valence-electron chi connectivity index (χ4n) is 1.24. The van der Waals surface area contributed by atoms with Crippen molar-refractivity contribution >= 4 is 15.8 Å². The summed E-state index contributed by atoms with van der Waals surface area (Å²) < 4.78 is 27.6. The first-order valence-electron chi connectivity index (χ1n) is 5.23. The van der Waals surface area contributed by atoms with E-state index < -0.39 is 10.0 Å². The van der Waals surface area contributed by atoms with Gasteiger partial charge in [-0.05, 0) is 13.8 Å². The molecule has 1 aromatic rings. The first-order chi connectivity index (χ1) is 8.01. The van der Waals surface area contributed by atoms with Crippen LogP contribution in [0.1, 0.15) is 20.3 Å². The summed E-state index contributed by atoms with van der Waals surface area (Å²) in [6.07, 6.45) is 1.89. The zero-order chi connectivity index (χ0) is 12.9. The van der Waals surface area contributed by atoms with E-state index in [-0.39, 0.29) is 17.3 Å². The van der Waals surface area contributed by atoms with Gasteiger partial charge in [-0.15, -0.1) is 11.8 Å². The molecule has 6 nitrogen and oxygen atoms in total. The van der Waals surface area contributed by atoms with Crippen molar-refractivity contribution in [1.29, 1.82) is 0 Å². The van der Waals surface area contributed by atoms with Crippen molar-refractivity contribution in [3.05, 3.63) is 6.20 Å². The van der Waals surface area contributed by atoms with Crippen LogP contribution in [-0.2, 0) is 16.6 Å². The molecule has 0 radical (unpaired) electrons. The van der Waals surface area contributed by atoms with Crippen molar-refractivity contribution in [1.82, 2.24) is 14.5 Å². The van der Waals surface area contributed by atoms with Crippen LogP contribution < -0.4 is 10.5 Å². The summed E-state index contributed by atoms with van der Waals surface area (Å²) in [5.41, 5.74) is 5.55. The molecular formula is C10H16N4O2S. The molecule has 0 spiro atoms. The number of aryl methyl sites for hydroxylation is 1. The zero-order valence-corrected chi connectivity index (χ0v) is 10.7. The van der Waals surface area contributed by atoms with Crippen LogP contribution in [0.3, 0.4) is 0 Å². The lowest BCUT2D eigenvalue weighted by Crippen LogP contribution is -2.25. The molecule has 0 aliphatic carbocycles. The fraction of sp³-hybridized carbons (Fsp3) is 0.500. The van der Waals surface area contributed by atoms with E-state index in [2.05, 4.69) is 21.7 Å². The van der Waals surface area contributed by atoms with Crippen LogP contribution in [-0.4, -0.2) is 24.7 Å². The highest BCUT2D eigenvalue weighted by atomic mass is 32.2. The highest BCUT2D eigenvalue weighted by Gasteiger charge is 2.20. The average Bonchev–Trinajstić information content (AvgIpc) is 2.67. The number of nitrogen functional groups attached to an aromatic ring is 1. The molecule has 0 atom stereocenters. The van der Waals surface area contributed by atoms with Gasteiger partial charge in [0, 0.05) is 25.7 Å². The predicted octanol–water partition coefficient (Wildman–Crippen LogP) is 0.177. The summed E-state index contributed by atoms with van der Waals surface area (Å²) in [5.74, 6) is 5.48. The van der Waals surface area contributed by atoms with E-state index in [0.29, 0.717) is 13.0 Å². The van der Waals surface area contributed by atoms with E-state index in [0.717, 1.165) is 0 Å². The van der Waals surface area contributed by atoms with E-state index >= 15 is 0 Å². The number of nitrogens with one attached hydrogen (secondary N) is 1. The SMILES string of the molecule is CC#CCCNS(=O)(=O)c1cn(CC)nc1N. The second-order valence-corrected chi connectivity index (χ2v) is 5.04. The Morgan fingerprint density at radius 1 is 1.59 bits per heavy atom. The van der Waals surface area contributed by atoms with E-state index in [1.165, 1.54) is 10.9 Å². The van der Waals surface area contributed by atoms with Gasteiger partial charge in [-0.25, -0.2) is 13.1 Å². The van der Waals surface area contributed by atoms with Gasteiger partial charge in [-0.1, -0.05) is 0 Å². The molecule has 0 saturated carbocycles. The maximum Gasteiger partial charge on any atom is 0.245 e. The predicted molar refractivity (Wildman–Crippen MR) is 65.6 cm³/mol. The minimum absolute atomic E-state index is 0.0147. The van der Waals surface area contributed by atoms with Crippen molar-refractivity contribution in [3.8, 4) is 11.8 Å². The lowest BCUT2D eigenvalue weighted by atomic mass is 10.4. The number of rotatable bonds is 5. The van der Waals surface area contributed by atoms with Crippen molar-refractivity contribution in [2.24, 2.45) is 0 Å². The molecule has 1 aromatic heterocycles. The third kappa shape index (κ3) is 3.47. The van der Waals surface area contributed by atoms with Crippen LogP contribution >= 0.6 is 0 Å². The van der Waals surface area contributed by atoms with Crippen LogP contribution in [0, 0.1) is 11.8 Å². The molecular weight excluding hydrogens is 240 g/mol. The number of hydrogen-bond donors (Lipinski definition) is 2. The molecule has 0 aliphatic rings. The molecule has 0 amide bonds. The van der Waals surface area contributed by atoms with Crippen LogP contribution in [0.25, 0.3) is 0 Å². The van der Waals surface area contributed by atoms with Gasteiger partial charge < -0.3 is 5.73 Å². The zero-order valence-electron chi connectivity index (χ0n) is 9.90. The van der Waals surface area contributed by atoms with Crippen LogP contribution in [0.15, 0.2) is 11.1 Å². The Kier molecular flexibility index (Phi) is 4.54. The smallest absolute Gasteiger partial charge is 0.245 e. The fourth-order valence-corrected chi connectivity index (χ4v) is 2.34. The maximum atomic E-state index is 11.9. The van der Waals surface area contributed by atoms with Crippen LogP contribution in [0.5, 0.6) is 0 Å². The van der Waals surface area contributed by atoms with E-state index in [9.17, 15) is 8.42 Å². The summed E-state index contributed by atoms with van der Waals surface area (Å²) in [7, 11) is -3.59. The second kappa shape index (κ2) is 5.70. The summed E-state index contributed by atoms with van der Waals surface area (Å²) in [6.45, 7) is 4.39. The monoisotopic (exact) mass is 256 g/mol. The van der Waals surface area contributed by atoms with Crippen LogP contribution in [0.2, 0.25) is 0 Å². The minimum atomic E-state index is -3.59. The van der Waals surface area contributed by atoms with Crippen molar-refractivity contribution in [3.63, 3.8) is 0 Å². The largest absolute Gasteiger partial charge is 0.381 e. The quantitative estimate of drug-likeness (QED) is 0.580. The molecule has 0 saturated heterocycles. The van der Waals surface area contributed by atoms with Gasteiger partial charge in [0.25, 0.3) is 0 Å². The normalized spacial score (nSPS) is 10.9. The number of hydrogen-bond acceptors (Lipinski definition) is 4. The molecule has 0 aliphatic heterocycles. The number of nitrogens with zero attached hydrogens (tertiary/aromatic N) is 2. The summed E-state index contributed by atoms with van der Waals surface area (Å²) in [6, 6.07) is 0. The minimum Gasteiger partial charge on any atom is -0.381 e. The van der Waals surface area contributed by atoms with Crippen molar-refractivity contribution < 1.29 is 8.42 Å². The lowest BCUT2D eigenvalue weighted by Gasteiger charge is -2.02. The number of anilines is 1. The third-order valence-corrected chi connectivity index (χ3v) is 3.57. The van der Waals surface area contributed by atoms with Gasteiger partial charge >= 0.3 is 0 Å². The van der Waals surface area contributed by atoms with Gasteiger partial charge in [0.15, 0.2) is 5.82 Å².